The summed E-state index contributed by atoms with van der Waals surface area (Å²) >= 11 is 0. The van der Waals surface area contributed by atoms with Crippen molar-refractivity contribution in [3.05, 3.63) is 47.2 Å². The Bertz CT molecular complexity index is 1350. The van der Waals surface area contributed by atoms with Gasteiger partial charge in [0.2, 0.25) is 6.29 Å². The monoisotopic (exact) mass is 702 g/mol. The second-order valence-electron chi connectivity index (χ2n) is 11.6. The number of aliphatic hydroxyl groups is 7. The first-order valence-corrected chi connectivity index (χ1v) is 15.3. The van der Waals surface area contributed by atoms with Gasteiger partial charge >= 0.3 is 11.9 Å². The Labute approximate surface area is 279 Å². The fourth-order valence-electron chi connectivity index (χ4n) is 5.54. The average molecular weight is 703 g/mol. The zero-order chi connectivity index (χ0) is 36.0. The van der Waals surface area contributed by atoms with Crippen LogP contribution in [0.3, 0.4) is 0 Å². The van der Waals surface area contributed by atoms with E-state index in [1.165, 1.54) is 18.2 Å². The molecule has 0 radical (unpaired) electrons. The highest BCUT2D eigenvalue weighted by Crippen LogP contribution is 2.36. The lowest BCUT2D eigenvalue weighted by Crippen LogP contribution is -2.60. The topological polar surface area (TPSA) is 281 Å². The van der Waals surface area contributed by atoms with E-state index in [0.717, 1.165) is 13.4 Å². The van der Waals surface area contributed by atoms with Crippen LogP contribution in [0.2, 0.25) is 0 Å². The van der Waals surface area contributed by atoms with Crippen molar-refractivity contribution < 1.29 is 88.7 Å². The van der Waals surface area contributed by atoms with Crippen LogP contribution >= 0.6 is 0 Å². The van der Waals surface area contributed by atoms with E-state index in [-0.39, 0.29) is 35.7 Å². The Morgan fingerprint density at radius 2 is 1.53 bits per heavy atom. The predicted octanol–water partition coefficient (Wildman–Crippen LogP) is -2.81. The lowest BCUT2D eigenvalue weighted by Gasteiger charge is -2.42. The molecule has 3 aliphatic rings. The van der Waals surface area contributed by atoms with Crippen LogP contribution < -0.4 is 0 Å². The molecule has 2 saturated heterocycles. The second-order valence-corrected chi connectivity index (χ2v) is 11.6. The molecule has 0 unspecified atom stereocenters. The van der Waals surface area contributed by atoms with Gasteiger partial charge in [0.15, 0.2) is 24.1 Å². The molecule has 9 N–H and O–H groups in total. The average Bonchev–Trinajstić information content (AvgIpc) is 3.09. The van der Waals surface area contributed by atoms with E-state index in [1.807, 2.05) is 0 Å². The standard InChI is InChI=1S/C31H42O18/c1-3-14-15(16(28(42)43-2)11-46-29(14)49-31-27(41)24(38)22(36)19(10-32)47-31)9-21(35)45-12-20-23(37)25(39)26(40)30(48-20)44-7-6-13-4-5-17(33)18(34)8-13/h3-5,8,11,15,19-20,22-27,29-34,36-41H,6-7,9-10,12H2,1-2H3/b14-3-/t15-,19+,20+,22+,23+,24-,25-,26+,27+,29-,30+,31-/m1/s1. The molecule has 0 bridgehead atoms. The Hall–Kier alpha value is -3.40. The van der Waals surface area contributed by atoms with Gasteiger partial charge in [-0.3, -0.25) is 4.79 Å². The van der Waals surface area contributed by atoms with Gasteiger partial charge in [-0.05, 0) is 31.0 Å². The summed E-state index contributed by atoms with van der Waals surface area (Å²) in [5.74, 6) is -3.47. The summed E-state index contributed by atoms with van der Waals surface area (Å²) < 4.78 is 37.9. The highest BCUT2D eigenvalue weighted by atomic mass is 16.8. The molecule has 18 heteroatoms. The van der Waals surface area contributed by atoms with Gasteiger partial charge in [-0.2, -0.15) is 0 Å². The number of hydrogen-bond donors (Lipinski definition) is 9. The minimum atomic E-state index is -1.77. The summed E-state index contributed by atoms with van der Waals surface area (Å²) in [5.41, 5.74) is 0.658. The summed E-state index contributed by atoms with van der Waals surface area (Å²) in [6.07, 6.45) is -15.1. The minimum absolute atomic E-state index is 0.0633. The van der Waals surface area contributed by atoms with Crippen LogP contribution in [-0.2, 0) is 49.2 Å². The van der Waals surface area contributed by atoms with Crippen molar-refractivity contribution in [3.8, 4) is 11.5 Å². The number of methoxy groups -OCH3 is 1. The number of aromatic hydroxyl groups is 2. The Balaban J connectivity index is 1.39. The third-order valence-corrected chi connectivity index (χ3v) is 8.39. The number of aliphatic hydroxyl groups excluding tert-OH is 7. The Morgan fingerprint density at radius 3 is 2.16 bits per heavy atom. The summed E-state index contributed by atoms with van der Waals surface area (Å²) in [7, 11) is 1.11. The zero-order valence-electron chi connectivity index (χ0n) is 26.5. The first kappa shape index (κ1) is 38.4. The summed E-state index contributed by atoms with van der Waals surface area (Å²) in [5, 5.41) is 90.5. The molecule has 0 aromatic heterocycles. The number of phenolic OH excluding ortho intramolecular Hbond substituents is 2. The molecular weight excluding hydrogens is 660 g/mol. The number of esters is 2. The molecule has 4 rings (SSSR count). The number of rotatable bonds is 12. The maximum absolute atomic E-state index is 13.1. The number of carbonyl (C=O) groups is 2. The van der Waals surface area contributed by atoms with E-state index in [4.69, 9.17) is 33.2 Å². The van der Waals surface area contributed by atoms with Crippen molar-refractivity contribution in [3.63, 3.8) is 0 Å². The highest BCUT2D eigenvalue weighted by Gasteiger charge is 2.48. The van der Waals surface area contributed by atoms with Crippen LogP contribution in [0.15, 0.2) is 41.7 Å². The van der Waals surface area contributed by atoms with Crippen molar-refractivity contribution >= 4 is 11.9 Å². The number of phenols is 2. The lowest BCUT2D eigenvalue weighted by molar-refractivity contribution is -0.327. The molecule has 0 aliphatic carbocycles. The van der Waals surface area contributed by atoms with E-state index in [9.17, 15) is 55.5 Å². The van der Waals surface area contributed by atoms with Crippen LogP contribution in [-0.4, -0.2) is 153 Å². The first-order chi connectivity index (χ1) is 23.3. The normalized spacial score (nSPS) is 35.7. The lowest BCUT2D eigenvalue weighted by atomic mass is 9.86. The van der Waals surface area contributed by atoms with E-state index >= 15 is 0 Å². The van der Waals surface area contributed by atoms with Crippen LogP contribution in [0, 0.1) is 5.92 Å². The fraction of sp³-hybridized carbons (Fsp3) is 0.613. The summed E-state index contributed by atoms with van der Waals surface area (Å²) in [6, 6.07) is 4.15. The molecule has 18 nitrogen and oxygen atoms in total. The largest absolute Gasteiger partial charge is 0.504 e. The minimum Gasteiger partial charge on any atom is -0.504 e. The summed E-state index contributed by atoms with van der Waals surface area (Å²) in [4.78, 5) is 25.7. The van der Waals surface area contributed by atoms with E-state index in [0.29, 0.717) is 5.56 Å². The highest BCUT2D eigenvalue weighted by molar-refractivity contribution is 5.90. The molecule has 12 atom stereocenters. The Kier molecular flexibility index (Phi) is 13.3. The second kappa shape index (κ2) is 17.0. The van der Waals surface area contributed by atoms with E-state index < -0.39 is 105 Å². The number of hydrogen-bond acceptors (Lipinski definition) is 18. The maximum Gasteiger partial charge on any atom is 0.337 e. The molecule has 2 fully saturated rings. The van der Waals surface area contributed by atoms with Crippen molar-refractivity contribution in [2.45, 2.75) is 87.5 Å². The van der Waals surface area contributed by atoms with Crippen molar-refractivity contribution in [2.24, 2.45) is 5.92 Å². The van der Waals surface area contributed by atoms with Gasteiger partial charge < -0.3 is 79.1 Å². The van der Waals surface area contributed by atoms with E-state index in [2.05, 4.69) is 0 Å². The van der Waals surface area contributed by atoms with Crippen LogP contribution in [0.5, 0.6) is 11.5 Å². The molecule has 3 aliphatic heterocycles. The molecule has 49 heavy (non-hydrogen) atoms. The van der Waals surface area contributed by atoms with Gasteiger partial charge in [-0.1, -0.05) is 12.1 Å². The van der Waals surface area contributed by atoms with Crippen LogP contribution in [0.25, 0.3) is 0 Å². The molecule has 0 saturated carbocycles. The van der Waals surface area contributed by atoms with Gasteiger partial charge in [0, 0.05) is 11.5 Å². The van der Waals surface area contributed by atoms with E-state index in [1.54, 1.807) is 13.0 Å². The molecule has 1 aromatic rings. The number of ether oxygens (including phenoxy) is 7. The van der Waals surface area contributed by atoms with Crippen molar-refractivity contribution in [1.29, 1.82) is 0 Å². The van der Waals surface area contributed by atoms with Crippen molar-refractivity contribution in [1.82, 2.24) is 0 Å². The summed E-state index contributed by atoms with van der Waals surface area (Å²) in [6.45, 7) is 0.170. The fourth-order valence-corrected chi connectivity index (χ4v) is 5.54. The third-order valence-electron chi connectivity index (χ3n) is 8.39. The Morgan fingerprint density at radius 1 is 0.878 bits per heavy atom. The SMILES string of the molecule is C/C=C1\[C@@H](O[C@H]2O[C@@H](CO)[C@H](O)[C@@H](O)[C@@H]2O)OC=C(C(=O)OC)[C@@H]1CC(=O)OC[C@@H]1O[C@H](OCCc2ccc(O)c(O)c2)[C@@H](O)[C@H](O)[C@H]1O. The van der Waals surface area contributed by atoms with Gasteiger partial charge in [0.25, 0.3) is 0 Å². The van der Waals surface area contributed by atoms with Gasteiger partial charge in [0.05, 0.1) is 38.6 Å². The number of benzene rings is 1. The molecule has 0 spiro atoms. The number of carbonyl (C=O) groups excluding carboxylic acids is 2. The van der Waals surface area contributed by atoms with Gasteiger partial charge in [0.1, 0.15) is 55.4 Å². The third kappa shape index (κ3) is 8.86. The van der Waals surface area contributed by atoms with Gasteiger partial charge in [-0.25, -0.2) is 4.79 Å². The predicted molar refractivity (Wildman–Crippen MR) is 159 cm³/mol. The molecule has 1 aromatic carbocycles. The molecule has 0 amide bonds. The van der Waals surface area contributed by atoms with Crippen molar-refractivity contribution in [2.75, 3.05) is 26.9 Å². The van der Waals surface area contributed by atoms with Gasteiger partial charge in [-0.15, -0.1) is 0 Å². The zero-order valence-corrected chi connectivity index (χ0v) is 26.5. The first-order valence-electron chi connectivity index (χ1n) is 15.3. The molecule has 3 heterocycles. The quantitative estimate of drug-likeness (QED) is 0.0604. The van der Waals surface area contributed by atoms with Crippen LogP contribution in [0.1, 0.15) is 18.9 Å². The number of allylic oxidation sites excluding steroid dienone is 1. The molecule has 274 valence electrons. The molecular formula is C31H42O18. The van der Waals surface area contributed by atoms with Crippen LogP contribution in [0.4, 0.5) is 0 Å². The smallest absolute Gasteiger partial charge is 0.337 e. The maximum atomic E-state index is 13.1.